The topological polar surface area (TPSA) is 53.0 Å². The molecule has 5 nitrogen and oxygen atoms in total. The highest BCUT2D eigenvalue weighted by atomic mass is 127. The summed E-state index contributed by atoms with van der Waals surface area (Å²) in [6.45, 7) is 7.30. The number of fused-ring (bicyclic) bond motifs is 1. The monoisotopic (exact) mass is 563 g/mol. The van der Waals surface area contributed by atoms with Gasteiger partial charge in [0.25, 0.3) is 11.8 Å². The van der Waals surface area contributed by atoms with Crippen molar-refractivity contribution in [2.24, 2.45) is 40.5 Å². The molecule has 2 aliphatic heterocycles. The lowest BCUT2D eigenvalue weighted by Crippen LogP contribution is -2.49. The second-order valence-electron chi connectivity index (χ2n) is 9.83. The molecule has 2 unspecified atom stereocenters. The number of carbonyl (C=O) groups is 2. The molecule has 3 fully saturated rings. The standard InChI is InChI=1S/C25H30IN3O2S/c1-14(2)18-13-19-15(3)12-20(18)22-21(19)23(30)29(24(22)31)28-10-4-5-11-32-25(28)27-17-8-6-16(26)7-9-17/h6-9,12,14,18-22H,4-5,10-11,13H2,1-3H3/t18-,19+,20+,21?,22?/m1/s1. The van der Waals surface area contributed by atoms with E-state index in [0.29, 0.717) is 18.4 Å². The first-order chi connectivity index (χ1) is 15.4. The van der Waals surface area contributed by atoms with Crippen LogP contribution in [0, 0.1) is 39.1 Å². The quantitative estimate of drug-likeness (QED) is 0.277. The molecule has 6 rings (SSSR count). The summed E-state index contributed by atoms with van der Waals surface area (Å²) in [4.78, 5) is 32.5. The Morgan fingerprint density at radius 1 is 1.09 bits per heavy atom. The molecule has 0 spiro atoms. The van der Waals surface area contributed by atoms with E-state index in [2.05, 4.69) is 49.4 Å². The van der Waals surface area contributed by atoms with Crippen molar-refractivity contribution in [3.8, 4) is 0 Å². The van der Waals surface area contributed by atoms with Crippen molar-refractivity contribution in [2.75, 3.05) is 12.3 Å². The van der Waals surface area contributed by atoms with Crippen LogP contribution in [0.4, 0.5) is 5.69 Å². The van der Waals surface area contributed by atoms with Gasteiger partial charge >= 0.3 is 0 Å². The van der Waals surface area contributed by atoms with Crippen molar-refractivity contribution >= 4 is 57.0 Å². The summed E-state index contributed by atoms with van der Waals surface area (Å²) in [6, 6.07) is 8.05. The van der Waals surface area contributed by atoms with E-state index in [1.165, 1.54) is 10.6 Å². The van der Waals surface area contributed by atoms with Gasteiger partial charge in [0.1, 0.15) is 0 Å². The molecule has 1 aromatic rings. The van der Waals surface area contributed by atoms with Gasteiger partial charge in [-0.1, -0.05) is 37.3 Å². The summed E-state index contributed by atoms with van der Waals surface area (Å²) >= 11 is 3.94. The Labute approximate surface area is 208 Å². The number of allylic oxidation sites excluding steroid dienone is 2. The van der Waals surface area contributed by atoms with Gasteiger partial charge in [0.05, 0.1) is 17.5 Å². The normalized spacial score (nSPS) is 33.7. The molecular weight excluding hydrogens is 533 g/mol. The van der Waals surface area contributed by atoms with E-state index in [4.69, 9.17) is 4.99 Å². The van der Waals surface area contributed by atoms with Crippen LogP contribution in [0.15, 0.2) is 40.9 Å². The van der Waals surface area contributed by atoms with E-state index in [1.54, 1.807) is 11.8 Å². The number of rotatable bonds is 3. The minimum atomic E-state index is -0.217. The zero-order valence-electron chi connectivity index (χ0n) is 18.8. The fraction of sp³-hybridized carbons (Fsp3) is 0.560. The Kier molecular flexibility index (Phi) is 6.16. The van der Waals surface area contributed by atoms with Crippen LogP contribution in [0.5, 0.6) is 0 Å². The highest BCUT2D eigenvalue weighted by Crippen LogP contribution is 2.56. The van der Waals surface area contributed by atoms with Gasteiger partial charge in [0, 0.05) is 15.9 Å². The third kappa shape index (κ3) is 3.73. The summed E-state index contributed by atoms with van der Waals surface area (Å²) < 4.78 is 1.16. The highest BCUT2D eigenvalue weighted by Gasteiger charge is 2.62. The van der Waals surface area contributed by atoms with E-state index in [9.17, 15) is 9.59 Å². The second-order valence-corrected chi connectivity index (χ2v) is 12.1. The fourth-order valence-corrected chi connectivity index (χ4v) is 7.45. The van der Waals surface area contributed by atoms with E-state index in [-0.39, 0.29) is 35.5 Å². The van der Waals surface area contributed by atoms with Crippen LogP contribution in [0.2, 0.25) is 0 Å². The van der Waals surface area contributed by atoms with Gasteiger partial charge in [0.2, 0.25) is 0 Å². The number of imide groups is 1. The SMILES string of the molecule is CC1=C[C@@H]2C3C(=O)N(N4CCCCSC4=Nc4ccc(I)cc4)C(=O)C3[C@H]1C[C@@H]2C(C)C. The highest BCUT2D eigenvalue weighted by molar-refractivity contribution is 14.1. The molecule has 32 heavy (non-hydrogen) atoms. The van der Waals surface area contributed by atoms with Crippen LogP contribution in [-0.4, -0.2) is 39.3 Å². The number of benzene rings is 1. The van der Waals surface area contributed by atoms with E-state index < -0.39 is 0 Å². The van der Waals surface area contributed by atoms with Gasteiger partial charge < -0.3 is 0 Å². The van der Waals surface area contributed by atoms with Gasteiger partial charge in [-0.15, -0.1) is 0 Å². The van der Waals surface area contributed by atoms with Gasteiger partial charge in [0.15, 0.2) is 5.17 Å². The fourth-order valence-electron chi connectivity index (χ4n) is 6.06. The molecule has 0 aromatic heterocycles. The number of hydrazine groups is 1. The zero-order chi connectivity index (χ0) is 22.6. The van der Waals surface area contributed by atoms with Crippen LogP contribution in [0.3, 0.4) is 0 Å². The molecule has 2 saturated heterocycles. The van der Waals surface area contributed by atoms with Gasteiger partial charge in [-0.2, -0.15) is 5.01 Å². The zero-order valence-corrected chi connectivity index (χ0v) is 21.8. The van der Waals surface area contributed by atoms with Crippen LogP contribution >= 0.6 is 34.4 Å². The summed E-state index contributed by atoms with van der Waals surface area (Å²) in [7, 11) is 0. The molecule has 1 aromatic carbocycles. The number of halogens is 1. The maximum absolute atomic E-state index is 13.8. The third-order valence-corrected chi connectivity index (χ3v) is 9.42. The lowest BCUT2D eigenvalue weighted by molar-refractivity contribution is -0.152. The number of amides is 2. The molecule has 2 bridgehead atoms. The van der Waals surface area contributed by atoms with Crippen molar-refractivity contribution in [1.82, 2.24) is 10.0 Å². The average Bonchev–Trinajstić information content (AvgIpc) is 2.90. The molecule has 7 heteroatoms. The molecule has 3 aliphatic carbocycles. The van der Waals surface area contributed by atoms with Crippen LogP contribution < -0.4 is 0 Å². The lowest BCUT2D eigenvalue weighted by atomic mass is 9.54. The molecule has 0 N–H and O–H groups in total. The minimum Gasteiger partial charge on any atom is -0.272 e. The molecule has 2 amide bonds. The van der Waals surface area contributed by atoms with Crippen molar-refractivity contribution in [1.29, 1.82) is 0 Å². The number of hydrogen-bond acceptors (Lipinski definition) is 4. The number of hydrogen-bond donors (Lipinski definition) is 0. The summed E-state index contributed by atoms with van der Waals surface area (Å²) in [6.07, 6.45) is 5.34. The maximum Gasteiger partial charge on any atom is 0.252 e. The smallest absolute Gasteiger partial charge is 0.252 e. The molecule has 5 atom stereocenters. The molecule has 2 heterocycles. The van der Waals surface area contributed by atoms with Gasteiger partial charge in [-0.05, 0) is 96.7 Å². The number of amidine groups is 1. The van der Waals surface area contributed by atoms with E-state index >= 15 is 0 Å². The van der Waals surface area contributed by atoms with Crippen LogP contribution in [0.1, 0.15) is 40.0 Å². The Bertz CT molecular complexity index is 989. The van der Waals surface area contributed by atoms with Crippen molar-refractivity contribution in [3.63, 3.8) is 0 Å². The van der Waals surface area contributed by atoms with Crippen molar-refractivity contribution in [3.05, 3.63) is 39.5 Å². The Balaban J connectivity index is 1.50. The van der Waals surface area contributed by atoms with Gasteiger partial charge in [-0.25, -0.2) is 4.99 Å². The maximum atomic E-state index is 13.8. The Morgan fingerprint density at radius 2 is 1.81 bits per heavy atom. The summed E-state index contributed by atoms with van der Waals surface area (Å²) in [5.74, 6) is 1.84. The first kappa shape index (κ1) is 22.4. The molecule has 1 saturated carbocycles. The first-order valence-electron chi connectivity index (χ1n) is 11.7. The Hall–Kier alpha value is -1.35. The number of aliphatic imine (C=N–C) groups is 1. The van der Waals surface area contributed by atoms with E-state index in [0.717, 1.165) is 39.4 Å². The molecular formula is C25H30IN3O2S. The summed E-state index contributed by atoms with van der Waals surface area (Å²) in [5.41, 5.74) is 2.16. The van der Waals surface area contributed by atoms with Crippen LogP contribution in [-0.2, 0) is 9.59 Å². The van der Waals surface area contributed by atoms with Crippen molar-refractivity contribution < 1.29 is 9.59 Å². The minimum absolute atomic E-state index is 0.0116. The Morgan fingerprint density at radius 3 is 2.53 bits per heavy atom. The second kappa shape index (κ2) is 8.78. The average molecular weight is 564 g/mol. The third-order valence-electron chi connectivity index (χ3n) is 7.65. The number of carbonyl (C=O) groups excluding carboxylic acids is 2. The largest absolute Gasteiger partial charge is 0.272 e. The predicted octanol–water partition coefficient (Wildman–Crippen LogP) is 5.49. The van der Waals surface area contributed by atoms with Gasteiger partial charge in [-0.3, -0.25) is 14.6 Å². The summed E-state index contributed by atoms with van der Waals surface area (Å²) in [5, 5.41) is 4.16. The van der Waals surface area contributed by atoms with Crippen LogP contribution in [0.25, 0.3) is 0 Å². The van der Waals surface area contributed by atoms with E-state index in [1.807, 2.05) is 29.3 Å². The van der Waals surface area contributed by atoms with Crippen molar-refractivity contribution in [2.45, 2.75) is 40.0 Å². The lowest BCUT2D eigenvalue weighted by Gasteiger charge is -2.48. The predicted molar refractivity (Wildman–Crippen MR) is 137 cm³/mol. The number of thioether (sulfide) groups is 1. The molecule has 5 aliphatic rings. The molecule has 0 radical (unpaired) electrons. The number of nitrogens with zero attached hydrogens (tertiary/aromatic N) is 3. The molecule has 170 valence electrons. The first-order valence-corrected chi connectivity index (χ1v) is 13.7.